The Morgan fingerprint density at radius 2 is 1.95 bits per heavy atom. The second-order valence-electron chi connectivity index (χ2n) is 4.44. The lowest BCUT2D eigenvalue weighted by Crippen LogP contribution is -2.22. The first kappa shape index (κ1) is 13.6. The van der Waals surface area contributed by atoms with Crippen LogP contribution < -0.4 is 5.32 Å². The van der Waals surface area contributed by atoms with Crippen LogP contribution in [0.5, 0.6) is 0 Å². The fraction of sp³-hybridized carbons (Fsp3) is 0.267. The fourth-order valence-corrected chi connectivity index (χ4v) is 2.07. The molecule has 19 heavy (non-hydrogen) atoms. The zero-order valence-corrected chi connectivity index (χ0v) is 11.0. The molecule has 0 aliphatic heterocycles. The first-order chi connectivity index (χ1) is 9.11. The number of nitrogens with one attached hydrogen (secondary N) is 1. The normalized spacial score (nSPS) is 12.4. The fourth-order valence-electron chi connectivity index (χ4n) is 2.07. The van der Waals surface area contributed by atoms with Crippen molar-refractivity contribution in [3.8, 4) is 0 Å². The predicted octanol–water partition coefficient (Wildman–Crippen LogP) is 3.37. The average Bonchev–Trinajstić information content (AvgIpc) is 2.39. The summed E-state index contributed by atoms with van der Waals surface area (Å²) in [5.74, 6) is -0.615. The number of pyridine rings is 1. The minimum Gasteiger partial charge on any atom is -0.306 e. The van der Waals surface area contributed by atoms with Gasteiger partial charge in [0.05, 0.1) is 12.2 Å². The average molecular weight is 262 g/mol. The quantitative estimate of drug-likeness (QED) is 0.913. The van der Waals surface area contributed by atoms with E-state index in [0.29, 0.717) is 5.56 Å². The van der Waals surface area contributed by atoms with Crippen molar-refractivity contribution in [1.29, 1.82) is 0 Å². The maximum absolute atomic E-state index is 13.3. The minimum absolute atomic E-state index is 0.188. The summed E-state index contributed by atoms with van der Waals surface area (Å²) in [6.45, 7) is 4.40. The largest absolute Gasteiger partial charge is 0.306 e. The number of nitrogens with zero attached hydrogens (tertiary/aromatic N) is 1. The van der Waals surface area contributed by atoms with E-state index >= 15 is 0 Å². The van der Waals surface area contributed by atoms with Crippen LogP contribution in [0.25, 0.3) is 0 Å². The van der Waals surface area contributed by atoms with Crippen LogP contribution in [0.1, 0.15) is 29.7 Å². The zero-order chi connectivity index (χ0) is 13.8. The second-order valence-corrected chi connectivity index (χ2v) is 4.44. The highest BCUT2D eigenvalue weighted by Gasteiger charge is 2.15. The summed E-state index contributed by atoms with van der Waals surface area (Å²) in [7, 11) is 0. The van der Waals surface area contributed by atoms with E-state index < -0.39 is 0 Å². The van der Waals surface area contributed by atoms with Crippen molar-refractivity contribution in [2.75, 3.05) is 6.54 Å². The molecule has 0 aliphatic rings. The Morgan fingerprint density at radius 3 is 2.58 bits per heavy atom. The van der Waals surface area contributed by atoms with Gasteiger partial charge in [0.15, 0.2) is 0 Å². The molecule has 1 aromatic carbocycles. The van der Waals surface area contributed by atoms with Crippen molar-refractivity contribution in [3.63, 3.8) is 0 Å². The van der Waals surface area contributed by atoms with E-state index in [1.54, 1.807) is 25.3 Å². The Morgan fingerprint density at radius 1 is 1.16 bits per heavy atom. The molecule has 0 bridgehead atoms. The lowest BCUT2D eigenvalue weighted by molar-refractivity contribution is 0.591. The van der Waals surface area contributed by atoms with Crippen LogP contribution in [-0.4, -0.2) is 11.5 Å². The molecule has 4 heteroatoms. The van der Waals surface area contributed by atoms with E-state index in [9.17, 15) is 8.78 Å². The smallest absolute Gasteiger partial charge is 0.141 e. The van der Waals surface area contributed by atoms with Crippen LogP contribution in [0.3, 0.4) is 0 Å². The number of halogens is 2. The molecular formula is C15H16F2N2. The summed E-state index contributed by atoms with van der Waals surface area (Å²) >= 11 is 0. The number of aromatic nitrogens is 1. The molecule has 0 saturated heterocycles. The number of hydrogen-bond acceptors (Lipinski definition) is 2. The molecule has 1 N–H and O–H groups in total. The second kappa shape index (κ2) is 5.89. The van der Waals surface area contributed by atoms with Gasteiger partial charge in [-0.25, -0.2) is 8.78 Å². The molecule has 2 nitrogen and oxygen atoms in total. The summed E-state index contributed by atoms with van der Waals surface area (Å²) in [5, 5.41) is 3.26. The number of benzene rings is 1. The van der Waals surface area contributed by atoms with Gasteiger partial charge in [0.1, 0.15) is 11.6 Å². The first-order valence-electron chi connectivity index (χ1n) is 6.21. The molecule has 1 unspecified atom stereocenters. The van der Waals surface area contributed by atoms with E-state index in [1.807, 2.05) is 6.92 Å². The van der Waals surface area contributed by atoms with E-state index in [-0.39, 0.29) is 17.7 Å². The predicted molar refractivity (Wildman–Crippen MR) is 70.9 cm³/mol. The van der Waals surface area contributed by atoms with Gasteiger partial charge in [-0.15, -0.1) is 0 Å². The summed E-state index contributed by atoms with van der Waals surface area (Å²) in [6, 6.07) is 6.17. The molecule has 2 rings (SSSR count). The monoisotopic (exact) mass is 262 g/mol. The molecule has 1 aromatic heterocycles. The summed E-state index contributed by atoms with van der Waals surface area (Å²) < 4.78 is 26.6. The van der Waals surface area contributed by atoms with Crippen molar-refractivity contribution < 1.29 is 8.78 Å². The van der Waals surface area contributed by atoms with Gasteiger partial charge in [0, 0.05) is 6.20 Å². The van der Waals surface area contributed by atoms with Gasteiger partial charge < -0.3 is 5.32 Å². The van der Waals surface area contributed by atoms with Crippen LogP contribution in [0.15, 0.2) is 36.7 Å². The molecule has 0 spiro atoms. The molecule has 2 aromatic rings. The molecule has 1 heterocycles. The van der Waals surface area contributed by atoms with Gasteiger partial charge in [0.2, 0.25) is 0 Å². The van der Waals surface area contributed by atoms with Crippen LogP contribution in [0, 0.1) is 18.6 Å². The number of rotatable bonds is 4. The highest BCUT2D eigenvalue weighted by molar-refractivity contribution is 5.33. The van der Waals surface area contributed by atoms with Gasteiger partial charge in [-0.2, -0.15) is 0 Å². The molecule has 0 saturated carbocycles. The van der Waals surface area contributed by atoms with Crippen LogP contribution in [0.2, 0.25) is 0 Å². The SMILES string of the molecule is CCNC(c1cncc(F)c1)c1ccc(F)c(C)c1. The Balaban J connectivity index is 2.42. The lowest BCUT2D eigenvalue weighted by Gasteiger charge is -2.19. The maximum atomic E-state index is 13.3. The van der Waals surface area contributed by atoms with Crippen molar-refractivity contribution in [3.05, 3.63) is 65.0 Å². The van der Waals surface area contributed by atoms with Gasteiger partial charge in [0.25, 0.3) is 0 Å². The Kier molecular flexibility index (Phi) is 4.22. The van der Waals surface area contributed by atoms with Crippen molar-refractivity contribution >= 4 is 0 Å². The third kappa shape index (κ3) is 3.15. The minimum atomic E-state index is -0.376. The van der Waals surface area contributed by atoms with E-state index in [4.69, 9.17) is 0 Å². The molecular weight excluding hydrogens is 246 g/mol. The van der Waals surface area contributed by atoms with Crippen molar-refractivity contribution in [2.45, 2.75) is 19.9 Å². The van der Waals surface area contributed by atoms with Gasteiger partial charge in [-0.3, -0.25) is 4.98 Å². The first-order valence-corrected chi connectivity index (χ1v) is 6.21. The molecule has 0 fully saturated rings. The van der Waals surface area contributed by atoms with E-state index in [2.05, 4.69) is 10.3 Å². The molecule has 1 atom stereocenters. The number of hydrogen-bond donors (Lipinski definition) is 1. The topological polar surface area (TPSA) is 24.9 Å². The van der Waals surface area contributed by atoms with Crippen molar-refractivity contribution in [1.82, 2.24) is 10.3 Å². The molecule has 0 radical (unpaired) electrons. The number of aryl methyl sites for hydroxylation is 1. The summed E-state index contributed by atoms with van der Waals surface area (Å²) in [4.78, 5) is 3.86. The van der Waals surface area contributed by atoms with Crippen LogP contribution >= 0.6 is 0 Å². The molecule has 0 amide bonds. The maximum Gasteiger partial charge on any atom is 0.141 e. The molecule has 100 valence electrons. The lowest BCUT2D eigenvalue weighted by atomic mass is 9.98. The third-order valence-corrected chi connectivity index (χ3v) is 2.98. The van der Waals surface area contributed by atoms with Crippen molar-refractivity contribution in [2.24, 2.45) is 0 Å². The van der Waals surface area contributed by atoms with Crippen LogP contribution in [-0.2, 0) is 0 Å². The van der Waals surface area contributed by atoms with E-state index in [1.165, 1.54) is 18.3 Å². The van der Waals surface area contributed by atoms with E-state index in [0.717, 1.165) is 17.7 Å². The van der Waals surface area contributed by atoms with Gasteiger partial charge in [-0.05, 0) is 42.3 Å². The third-order valence-electron chi connectivity index (χ3n) is 2.98. The summed E-state index contributed by atoms with van der Waals surface area (Å²) in [6.07, 6.45) is 2.79. The Hall–Kier alpha value is -1.81. The zero-order valence-electron chi connectivity index (χ0n) is 11.0. The Labute approximate surface area is 111 Å². The van der Waals surface area contributed by atoms with Gasteiger partial charge >= 0.3 is 0 Å². The molecule has 0 aliphatic carbocycles. The highest BCUT2D eigenvalue weighted by Crippen LogP contribution is 2.23. The van der Waals surface area contributed by atoms with Crippen LogP contribution in [0.4, 0.5) is 8.78 Å². The highest BCUT2D eigenvalue weighted by atomic mass is 19.1. The Bertz CT molecular complexity index is 570. The standard InChI is InChI=1S/C15H16F2N2/c1-3-19-15(12-7-13(16)9-18-8-12)11-4-5-14(17)10(2)6-11/h4-9,15,19H,3H2,1-2H3. The summed E-state index contributed by atoms with van der Waals surface area (Å²) in [5.41, 5.74) is 2.20. The van der Waals surface area contributed by atoms with Gasteiger partial charge in [-0.1, -0.05) is 19.1 Å².